The van der Waals surface area contributed by atoms with E-state index in [4.69, 9.17) is 9.47 Å². The minimum absolute atomic E-state index is 0.116. The number of hydrogen-bond donors (Lipinski definition) is 0. The Morgan fingerprint density at radius 3 is 2.36 bits per heavy atom. The molecule has 0 spiro atoms. The van der Waals surface area contributed by atoms with Crippen molar-refractivity contribution in [2.75, 3.05) is 14.2 Å². The summed E-state index contributed by atoms with van der Waals surface area (Å²) in [6.07, 6.45) is 2.07. The van der Waals surface area contributed by atoms with Crippen molar-refractivity contribution in [2.24, 2.45) is 0 Å². The molecule has 0 saturated carbocycles. The third-order valence-electron chi connectivity index (χ3n) is 1.74. The van der Waals surface area contributed by atoms with E-state index >= 15 is 0 Å². The first-order valence-electron chi connectivity index (χ1n) is 4.40. The van der Waals surface area contributed by atoms with Gasteiger partial charge in [0.15, 0.2) is 0 Å². The van der Waals surface area contributed by atoms with E-state index in [9.17, 15) is 0 Å². The van der Waals surface area contributed by atoms with Crippen LogP contribution in [0, 0.1) is 0 Å². The van der Waals surface area contributed by atoms with Crippen LogP contribution in [-0.2, 0) is 9.47 Å². The highest BCUT2D eigenvalue weighted by Crippen LogP contribution is 2.00. The molecule has 0 N–H and O–H groups in total. The summed E-state index contributed by atoms with van der Waals surface area (Å²) in [4.78, 5) is 0. The Morgan fingerprint density at radius 1 is 1.14 bits per heavy atom. The molecule has 2 radical (unpaired) electrons. The maximum Gasteiger partial charge on any atom is 0.147 e. The summed E-state index contributed by atoms with van der Waals surface area (Å²) < 4.78 is 10.2. The second-order valence-electron chi connectivity index (χ2n) is 2.71. The van der Waals surface area contributed by atoms with Crippen LogP contribution >= 0.6 is 0 Å². The maximum atomic E-state index is 5.08. The van der Waals surface area contributed by atoms with Crippen molar-refractivity contribution < 1.29 is 9.47 Å². The lowest BCUT2D eigenvalue weighted by Gasteiger charge is -2.08. The summed E-state index contributed by atoms with van der Waals surface area (Å²) in [5.41, 5.74) is 3.28. The highest BCUT2D eigenvalue weighted by atomic mass is 28.2. The summed E-state index contributed by atoms with van der Waals surface area (Å²) >= 11 is 0. The van der Waals surface area contributed by atoms with Gasteiger partial charge in [0.05, 0.1) is 0 Å². The van der Waals surface area contributed by atoms with Crippen molar-refractivity contribution in [3.05, 3.63) is 41.6 Å². The lowest BCUT2D eigenvalue weighted by Crippen LogP contribution is -2.19. The standard InChI is InChI=1S/C11H14O2Si/c1-12-11(13-2)14-9-8-10-6-4-3-5-7-10/h3-9,11H,1-2H3. The molecule has 1 aromatic carbocycles. The van der Waals surface area contributed by atoms with Crippen molar-refractivity contribution in [3.63, 3.8) is 0 Å². The summed E-state index contributed by atoms with van der Waals surface area (Å²) in [6.45, 7) is 0. The topological polar surface area (TPSA) is 18.5 Å². The van der Waals surface area contributed by atoms with Gasteiger partial charge in [-0.25, -0.2) is 0 Å². The fourth-order valence-electron chi connectivity index (χ4n) is 1.02. The molecule has 0 heterocycles. The van der Waals surface area contributed by atoms with E-state index < -0.39 is 0 Å². The molecule has 0 amide bonds. The molecule has 0 saturated heterocycles. The molecule has 0 atom stereocenters. The van der Waals surface area contributed by atoms with E-state index in [2.05, 4.69) is 23.9 Å². The summed E-state index contributed by atoms with van der Waals surface area (Å²) in [5.74, 6) is -0.116. The number of hydrogen-bond acceptors (Lipinski definition) is 2. The molecule has 74 valence electrons. The van der Waals surface area contributed by atoms with E-state index in [1.807, 2.05) is 18.2 Å². The highest BCUT2D eigenvalue weighted by molar-refractivity contribution is 6.44. The Balaban J connectivity index is 2.41. The first-order valence-corrected chi connectivity index (χ1v) is 5.55. The van der Waals surface area contributed by atoms with Crippen molar-refractivity contribution in [3.8, 4) is 0 Å². The molecule has 0 bridgehead atoms. The Labute approximate surface area is 87.4 Å². The Bertz CT molecular complexity index is 268. The average Bonchev–Trinajstić information content (AvgIpc) is 2.26. The minimum Gasteiger partial charge on any atom is -0.360 e. The Morgan fingerprint density at radius 2 is 1.79 bits per heavy atom. The quantitative estimate of drug-likeness (QED) is 0.541. The average molecular weight is 206 g/mol. The van der Waals surface area contributed by atoms with Gasteiger partial charge in [-0.2, -0.15) is 0 Å². The van der Waals surface area contributed by atoms with Gasteiger partial charge in [-0.3, -0.25) is 0 Å². The van der Waals surface area contributed by atoms with E-state index in [1.165, 1.54) is 5.56 Å². The normalized spacial score (nSPS) is 11.4. The second kappa shape index (κ2) is 6.54. The van der Waals surface area contributed by atoms with E-state index in [0.717, 1.165) is 0 Å². The number of methoxy groups -OCH3 is 2. The number of rotatable bonds is 5. The molecule has 0 aliphatic carbocycles. The van der Waals surface area contributed by atoms with Crippen LogP contribution in [0.1, 0.15) is 5.56 Å². The van der Waals surface area contributed by atoms with Gasteiger partial charge < -0.3 is 9.47 Å². The Hall–Kier alpha value is -0.903. The van der Waals surface area contributed by atoms with Crippen molar-refractivity contribution >= 4 is 15.6 Å². The van der Waals surface area contributed by atoms with Gasteiger partial charge >= 0.3 is 0 Å². The maximum absolute atomic E-state index is 5.08. The zero-order valence-electron chi connectivity index (χ0n) is 8.44. The van der Waals surface area contributed by atoms with Gasteiger partial charge in [0, 0.05) is 14.2 Å². The third kappa shape index (κ3) is 3.87. The lowest BCUT2D eigenvalue weighted by molar-refractivity contribution is -0.0430. The molecule has 0 unspecified atom stereocenters. The summed E-state index contributed by atoms with van der Waals surface area (Å²) in [6, 6.07) is 10.2. The lowest BCUT2D eigenvalue weighted by atomic mass is 10.2. The van der Waals surface area contributed by atoms with Gasteiger partial charge in [0.1, 0.15) is 15.4 Å². The van der Waals surface area contributed by atoms with Crippen molar-refractivity contribution in [2.45, 2.75) is 5.91 Å². The third-order valence-corrected chi connectivity index (χ3v) is 2.84. The SMILES string of the molecule is COC(OC)[Si]C=Cc1ccccc1. The zero-order valence-corrected chi connectivity index (χ0v) is 9.44. The van der Waals surface area contributed by atoms with Gasteiger partial charge in [0.25, 0.3) is 0 Å². The first kappa shape index (κ1) is 11.2. The summed E-state index contributed by atoms with van der Waals surface area (Å²) in [7, 11) is 3.82. The number of benzene rings is 1. The smallest absolute Gasteiger partial charge is 0.147 e. The molecule has 3 heteroatoms. The fraction of sp³-hybridized carbons (Fsp3) is 0.273. The molecule has 0 aromatic heterocycles. The largest absolute Gasteiger partial charge is 0.360 e. The van der Waals surface area contributed by atoms with Crippen molar-refractivity contribution in [1.82, 2.24) is 0 Å². The number of ether oxygens (including phenoxy) is 2. The minimum atomic E-state index is -0.116. The van der Waals surface area contributed by atoms with Gasteiger partial charge in [-0.1, -0.05) is 42.1 Å². The van der Waals surface area contributed by atoms with E-state index in [-0.39, 0.29) is 5.91 Å². The van der Waals surface area contributed by atoms with Crippen LogP contribution in [0.25, 0.3) is 6.08 Å². The molecular formula is C11H14O2Si. The van der Waals surface area contributed by atoms with Gasteiger partial charge in [0.2, 0.25) is 0 Å². The van der Waals surface area contributed by atoms with E-state index in [0.29, 0.717) is 9.52 Å². The molecular weight excluding hydrogens is 192 g/mol. The van der Waals surface area contributed by atoms with E-state index in [1.54, 1.807) is 14.2 Å². The van der Waals surface area contributed by atoms with Crippen LogP contribution in [0.3, 0.4) is 0 Å². The van der Waals surface area contributed by atoms with Gasteiger partial charge in [-0.15, -0.1) is 0 Å². The van der Waals surface area contributed by atoms with Crippen LogP contribution in [0.15, 0.2) is 36.0 Å². The fourth-order valence-corrected chi connectivity index (χ4v) is 1.74. The van der Waals surface area contributed by atoms with Gasteiger partial charge in [-0.05, 0) is 5.56 Å². The first-order chi connectivity index (χ1) is 6.86. The van der Waals surface area contributed by atoms with Crippen LogP contribution in [0.5, 0.6) is 0 Å². The van der Waals surface area contributed by atoms with Crippen molar-refractivity contribution in [1.29, 1.82) is 0 Å². The highest BCUT2D eigenvalue weighted by Gasteiger charge is 2.01. The molecule has 0 fully saturated rings. The predicted molar refractivity (Wildman–Crippen MR) is 59.0 cm³/mol. The van der Waals surface area contributed by atoms with Crippen LogP contribution in [-0.4, -0.2) is 29.7 Å². The monoisotopic (exact) mass is 206 g/mol. The molecule has 1 rings (SSSR count). The molecule has 14 heavy (non-hydrogen) atoms. The van der Waals surface area contributed by atoms with Crippen LogP contribution in [0.2, 0.25) is 0 Å². The second-order valence-corrected chi connectivity index (χ2v) is 3.85. The molecule has 1 aromatic rings. The summed E-state index contributed by atoms with van der Waals surface area (Å²) in [5, 5.41) is 0. The predicted octanol–water partition coefficient (Wildman–Crippen LogP) is 1.94. The van der Waals surface area contributed by atoms with Crippen LogP contribution < -0.4 is 0 Å². The van der Waals surface area contributed by atoms with Crippen LogP contribution in [0.4, 0.5) is 0 Å². The Kier molecular flexibility index (Phi) is 5.22. The molecule has 2 nitrogen and oxygen atoms in total. The molecule has 0 aliphatic rings. The zero-order chi connectivity index (χ0) is 10.2. The molecule has 0 aliphatic heterocycles.